The lowest BCUT2D eigenvalue weighted by molar-refractivity contribution is -0.130. The number of likely N-dealkylation sites (tertiary alicyclic amines) is 1. The molecule has 0 radical (unpaired) electrons. The van der Waals surface area contributed by atoms with Gasteiger partial charge in [-0.3, -0.25) is 18.9 Å². The van der Waals surface area contributed by atoms with Crippen LogP contribution in [0.1, 0.15) is 43.8 Å². The van der Waals surface area contributed by atoms with E-state index in [4.69, 9.17) is 4.42 Å². The third kappa shape index (κ3) is 4.25. The molecule has 0 unspecified atom stereocenters. The number of alkyl halides is 2. The molecular formula is C23H20F4N6O3. The second-order valence-electron chi connectivity index (χ2n) is 8.52. The maximum Gasteiger partial charge on any atom is 0.329 e. The van der Waals surface area contributed by atoms with Crippen molar-refractivity contribution in [1.29, 1.82) is 0 Å². The molecular weight excluding hydrogens is 484 g/mol. The summed E-state index contributed by atoms with van der Waals surface area (Å²) in [5.41, 5.74) is 0.711. The first-order valence-electron chi connectivity index (χ1n) is 11.1. The molecule has 1 aromatic carbocycles. The number of hydrogen-bond acceptors (Lipinski definition) is 6. The molecule has 9 nitrogen and oxygen atoms in total. The summed E-state index contributed by atoms with van der Waals surface area (Å²) in [6.45, 7) is 2.33. The molecule has 0 atom stereocenters. The van der Waals surface area contributed by atoms with Crippen molar-refractivity contribution in [2.24, 2.45) is 0 Å². The number of carbonyl (C=O) groups is 1. The Hall–Kier alpha value is -4.03. The van der Waals surface area contributed by atoms with E-state index >= 15 is 0 Å². The molecule has 5 rings (SSSR count). The first-order valence-corrected chi connectivity index (χ1v) is 11.1. The van der Waals surface area contributed by atoms with Crippen LogP contribution < -0.4 is 5.69 Å². The third-order valence-corrected chi connectivity index (χ3v) is 6.30. The summed E-state index contributed by atoms with van der Waals surface area (Å²) in [4.78, 5) is 31.0. The zero-order chi connectivity index (χ0) is 25.6. The number of imidazole rings is 1. The Balaban J connectivity index is 1.48. The molecule has 1 fully saturated rings. The zero-order valence-electron chi connectivity index (χ0n) is 19.0. The summed E-state index contributed by atoms with van der Waals surface area (Å²) in [5, 5.41) is 6.84. The van der Waals surface area contributed by atoms with Crippen molar-refractivity contribution in [3.63, 3.8) is 0 Å². The highest BCUT2D eigenvalue weighted by Gasteiger charge is 2.27. The van der Waals surface area contributed by atoms with Gasteiger partial charge in [-0.25, -0.2) is 13.6 Å². The Morgan fingerprint density at radius 3 is 2.39 bits per heavy atom. The van der Waals surface area contributed by atoms with Gasteiger partial charge in [0.15, 0.2) is 11.6 Å². The Labute approximate surface area is 201 Å². The fourth-order valence-electron chi connectivity index (χ4n) is 4.46. The fraction of sp³-hybridized carbons (Fsp3) is 0.348. The van der Waals surface area contributed by atoms with Gasteiger partial charge in [-0.15, -0.1) is 10.2 Å². The van der Waals surface area contributed by atoms with E-state index in [1.54, 1.807) is 11.0 Å². The number of rotatable bonds is 5. The van der Waals surface area contributed by atoms with E-state index < -0.39 is 29.6 Å². The van der Waals surface area contributed by atoms with Crippen LogP contribution in [0.15, 0.2) is 39.7 Å². The molecule has 1 aliphatic rings. The summed E-state index contributed by atoms with van der Waals surface area (Å²) >= 11 is 0. The smallest absolute Gasteiger partial charge is 0.329 e. The monoisotopic (exact) mass is 504 g/mol. The highest BCUT2D eigenvalue weighted by molar-refractivity contribution is 5.77. The molecule has 13 heteroatoms. The summed E-state index contributed by atoms with van der Waals surface area (Å²) in [5.74, 6) is -3.16. The lowest BCUT2D eigenvalue weighted by atomic mass is 10.0. The van der Waals surface area contributed by atoms with Crippen LogP contribution in [0.5, 0.6) is 0 Å². The van der Waals surface area contributed by atoms with Crippen LogP contribution in [0.4, 0.5) is 17.6 Å². The molecule has 0 bridgehead atoms. The van der Waals surface area contributed by atoms with Crippen LogP contribution in [-0.4, -0.2) is 48.2 Å². The summed E-state index contributed by atoms with van der Waals surface area (Å²) < 4.78 is 61.4. The normalized spacial score (nSPS) is 14.8. The lowest BCUT2D eigenvalue weighted by Crippen LogP contribution is -2.40. The van der Waals surface area contributed by atoms with Crippen molar-refractivity contribution in [2.45, 2.75) is 38.8 Å². The minimum atomic E-state index is -2.90. The molecule has 0 aliphatic carbocycles. The van der Waals surface area contributed by atoms with Crippen molar-refractivity contribution < 1.29 is 26.8 Å². The van der Waals surface area contributed by atoms with Gasteiger partial charge < -0.3 is 9.32 Å². The van der Waals surface area contributed by atoms with Gasteiger partial charge in [0, 0.05) is 44.4 Å². The maximum absolute atomic E-state index is 14.2. The summed E-state index contributed by atoms with van der Waals surface area (Å²) in [6, 6.07) is 4.76. The number of nitrogens with zero attached hydrogens (tertiary/aromatic N) is 6. The molecule has 1 aliphatic heterocycles. The third-order valence-electron chi connectivity index (χ3n) is 6.30. The van der Waals surface area contributed by atoms with Gasteiger partial charge in [-0.2, -0.15) is 8.78 Å². The van der Waals surface area contributed by atoms with E-state index in [1.165, 1.54) is 28.3 Å². The van der Waals surface area contributed by atoms with Gasteiger partial charge in [-0.05, 0) is 25.0 Å². The number of piperidine rings is 1. The first kappa shape index (κ1) is 23.7. The van der Waals surface area contributed by atoms with Crippen LogP contribution in [0, 0.1) is 11.6 Å². The molecule has 4 aromatic rings. The van der Waals surface area contributed by atoms with E-state index in [-0.39, 0.29) is 35.4 Å². The van der Waals surface area contributed by atoms with Crippen LogP contribution in [0.25, 0.3) is 22.5 Å². The summed E-state index contributed by atoms with van der Waals surface area (Å²) in [6.07, 6.45) is -0.576. The molecule has 0 N–H and O–H groups in total. The molecule has 0 spiro atoms. The fourth-order valence-corrected chi connectivity index (χ4v) is 4.46. The van der Waals surface area contributed by atoms with Gasteiger partial charge in [0.2, 0.25) is 11.8 Å². The van der Waals surface area contributed by atoms with Crippen LogP contribution in [0.2, 0.25) is 0 Å². The Kier molecular flexibility index (Phi) is 6.06. The van der Waals surface area contributed by atoms with E-state index in [0.717, 1.165) is 12.1 Å². The van der Waals surface area contributed by atoms with Crippen LogP contribution >= 0.6 is 0 Å². The van der Waals surface area contributed by atoms with E-state index in [1.807, 2.05) is 0 Å². The van der Waals surface area contributed by atoms with Gasteiger partial charge in [0.25, 0.3) is 5.89 Å². The molecule has 4 heterocycles. The Morgan fingerprint density at radius 2 is 1.81 bits per heavy atom. The van der Waals surface area contributed by atoms with Gasteiger partial charge in [0.1, 0.15) is 0 Å². The van der Waals surface area contributed by atoms with Gasteiger partial charge in [-0.1, -0.05) is 0 Å². The van der Waals surface area contributed by atoms with Gasteiger partial charge >= 0.3 is 12.1 Å². The number of hydrogen-bond donors (Lipinski definition) is 0. The average molecular weight is 504 g/mol. The van der Waals surface area contributed by atoms with Crippen LogP contribution in [0.3, 0.4) is 0 Å². The molecule has 1 amide bonds. The molecule has 188 valence electrons. The minimum Gasteiger partial charge on any atom is -0.415 e. The second-order valence-corrected chi connectivity index (χ2v) is 8.52. The SMILES string of the molecule is CC(=O)N1CCC(n2c(=O)n(Cc3ccc(-c4nnc(C(F)F)o4)cn3)c3cc(F)c(F)cc32)CC1. The number of pyridine rings is 1. The van der Waals surface area contributed by atoms with E-state index in [9.17, 15) is 27.2 Å². The summed E-state index contributed by atoms with van der Waals surface area (Å²) in [7, 11) is 0. The first-order chi connectivity index (χ1) is 17.2. The molecule has 1 saturated heterocycles. The number of carbonyl (C=O) groups excluding carboxylic acids is 1. The number of benzene rings is 1. The highest BCUT2D eigenvalue weighted by atomic mass is 19.3. The van der Waals surface area contributed by atoms with Crippen molar-refractivity contribution >= 4 is 16.9 Å². The average Bonchev–Trinajstić information content (AvgIpc) is 3.45. The maximum atomic E-state index is 14.2. The predicted octanol–water partition coefficient (Wildman–Crippen LogP) is 3.70. The lowest BCUT2D eigenvalue weighted by Gasteiger charge is -2.31. The van der Waals surface area contributed by atoms with E-state index in [0.29, 0.717) is 37.2 Å². The Bertz CT molecular complexity index is 1490. The van der Waals surface area contributed by atoms with Crippen molar-refractivity contribution in [3.05, 3.63) is 64.2 Å². The van der Waals surface area contributed by atoms with Crippen molar-refractivity contribution in [3.8, 4) is 11.5 Å². The minimum absolute atomic E-state index is 0.0495. The zero-order valence-corrected chi connectivity index (χ0v) is 19.0. The molecule has 3 aromatic heterocycles. The number of amides is 1. The van der Waals surface area contributed by atoms with Crippen LogP contribution in [-0.2, 0) is 11.3 Å². The standard InChI is InChI=1S/C23H20F4N6O3/c1-12(34)31-6-4-15(5-7-31)33-19-9-17(25)16(24)8-18(19)32(23(33)35)11-14-3-2-13(10-28-14)21-29-30-22(36-21)20(26)27/h2-3,8-10,15,20H,4-7,11H2,1H3. The topological polar surface area (TPSA) is 99.1 Å². The second kappa shape index (κ2) is 9.21. The van der Waals surface area contributed by atoms with Crippen molar-refractivity contribution in [1.82, 2.24) is 29.2 Å². The van der Waals surface area contributed by atoms with Crippen molar-refractivity contribution in [2.75, 3.05) is 13.1 Å². The highest BCUT2D eigenvalue weighted by Crippen LogP contribution is 2.28. The predicted molar refractivity (Wildman–Crippen MR) is 118 cm³/mol. The van der Waals surface area contributed by atoms with Gasteiger partial charge in [0.05, 0.1) is 28.8 Å². The molecule has 36 heavy (non-hydrogen) atoms. The quantitative estimate of drug-likeness (QED) is 0.385. The Morgan fingerprint density at radius 1 is 1.11 bits per heavy atom. The number of fused-ring (bicyclic) bond motifs is 1. The number of aromatic nitrogens is 5. The van der Waals surface area contributed by atoms with E-state index in [2.05, 4.69) is 15.2 Å². The number of halogens is 4. The molecule has 0 saturated carbocycles. The largest absolute Gasteiger partial charge is 0.415 e.